The number of amides is 2. The second kappa shape index (κ2) is 7.49. The molecule has 1 aromatic carbocycles. The van der Waals surface area contributed by atoms with Gasteiger partial charge >= 0.3 is 0 Å². The third-order valence-corrected chi connectivity index (χ3v) is 3.63. The average molecular weight is 318 g/mol. The van der Waals surface area contributed by atoms with Crippen molar-refractivity contribution in [1.82, 2.24) is 10.2 Å². The van der Waals surface area contributed by atoms with Gasteiger partial charge in [0.05, 0.1) is 5.56 Å². The summed E-state index contributed by atoms with van der Waals surface area (Å²) in [7, 11) is 0. The molecule has 0 aliphatic carbocycles. The summed E-state index contributed by atoms with van der Waals surface area (Å²) in [4.78, 5) is 26.4. The molecule has 0 radical (unpaired) electrons. The molecular formula is C18H26N2O3. The zero-order chi connectivity index (χ0) is 16.9. The van der Waals surface area contributed by atoms with E-state index in [9.17, 15) is 9.59 Å². The van der Waals surface area contributed by atoms with Gasteiger partial charge in [0.15, 0.2) is 6.61 Å². The standard InChI is InChI=1S/C18H26N2O3/c1-18(2,3)19-16(21)13-23-15-10-6-5-9-14(15)17(22)20-11-7-4-8-12-20/h5-6,9-10H,4,7-8,11-13H2,1-3H3,(H,19,21). The van der Waals surface area contributed by atoms with Gasteiger partial charge in [0, 0.05) is 18.6 Å². The number of hydrogen-bond donors (Lipinski definition) is 1. The van der Waals surface area contributed by atoms with E-state index in [1.54, 1.807) is 12.1 Å². The SMILES string of the molecule is CC(C)(C)NC(=O)COc1ccccc1C(=O)N1CCCCC1. The summed E-state index contributed by atoms with van der Waals surface area (Å²) in [5.41, 5.74) is 0.224. The van der Waals surface area contributed by atoms with E-state index in [0.717, 1.165) is 25.9 Å². The van der Waals surface area contributed by atoms with Crippen molar-refractivity contribution in [2.45, 2.75) is 45.6 Å². The monoisotopic (exact) mass is 318 g/mol. The lowest BCUT2D eigenvalue weighted by atomic mass is 10.1. The molecule has 1 fully saturated rings. The quantitative estimate of drug-likeness (QED) is 0.928. The summed E-state index contributed by atoms with van der Waals surface area (Å²) in [6.45, 7) is 7.23. The molecule has 0 saturated carbocycles. The van der Waals surface area contributed by atoms with Crippen molar-refractivity contribution in [1.29, 1.82) is 0 Å². The fourth-order valence-corrected chi connectivity index (χ4v) is 2.63. The van der Waals surface area contributed by atoms with Gasteiger partial charge in [0.2, 0.25) is 0 Å². The Bertz CT molecular complexity index is 558. The Labute approximate surface area is 138 Å². The molecule has 0 atom stereocenters. The van der Waals surface area contributed by atoms with E-state index in [1.807, 2.05) is 37.8 Å². The van der Waals surface area contributed by atoms with Crippen molar-refractivity contribution < 1.29 is 14.3 Å². The highest BCUT2D eigenvalue weighted by Gasteiger charge is 2.22. The van der Waals surface area contributed by atoms with Crippen LogP contribution in [0.1, 0.15) is 50.4 Å². The molecule has 0 aromatic heterocycles. The van der Waals surface area contributed by atoms with Crippen LogP contribution >= 0.6 is 0 Å². The molecule has 1 aliphatic heterocycles. The van der Waals surface area contributed by atoms with Crippen LogP contribution in [0.25, 0.3) is 0 Å². The van der Waals surface area contributed by atoms with Gasteiger partial charge in [-0.3, -0.25) is 9.59 Å². The van der Waals surface area contributed by atoms with Gasteiger partial charge in [-0.2, -0.15) is 0 Å². The first-order chi connectivity index (χ1) is 10.9. The first-order valence-electron chi connectivity index (χ1n) is 8.19. The number of nitrogens with zero attached hydrogens (tertiary/aromatic N) is 1. The van der Waals surface area contributed by atoms with Crippen LogP contribution in [0.5, 0.6) is 5.75 Å². The number of carbonyl (C=O) groups is 2. The van der Waals surface area contributed by atoms with Crippen molar-refractivity contribution >= 4 is 11.8 Å². The third-order valence-electron chi connectivity index (χ3n) is 3.63. The van der Waals surface area contributed by atoms with E-state index in [2.05, 4.69) is 5.32 Å². The number of rotatable bonds is 4. The lowest BCUT2D eigenvalue weighted by Gasteiger charge is -2.27. The Morgan fingerprint density at radius 1 is 1.13 bits per heavy atom. The molecule has 2 rings (SSSR count). The maximum absolute atomic E-state index is 12.6. The Morgan fingerprint density at radius 2 is 1.78 bits per heavy atom. The van der Waals surface area contributed by atoms with Crippen LogP contribution in [0.4, 0.5) is 0 Å². The number of nitrogens with one attached hydrogen (secondary N) is 1. The van der Waals surface area contributed by atoms with E-state index >= 15 is 0 Å². The summed E-state index contributed by atoms with van der Waals surface area (Å²) in [5, 5.41) is 2.84. The van der Waals surface area contributed by atoms with E-state index in [-0.39, 0.29) is 24.0 Å². The molecule has 126 valence electrons. The molecule has 1 N–H and O–H groups in total. The van der Waals surface area contributed by atoms with Crippen molar-refractivity contribution in [3.05, 3.63) is 29.8 Å². The summed E-state index contributed by atoms with van der Waals surface area (Å²) in [5.74, 6) is 0.251. The fraction of sp³-hybridized carbons (Fsp3) is 0.556. The lowest BCUT2D eigenvalue weighted by molar-refractivity contribution is -0.124. The molecule has 0 spiro atoms. The zero-order valence-electron chi connectivity index (χ0n) is 14.2. The second-order valence-electron chi connectivity index (χ2n) is 6.94. The van der Waals surface area contributed by atoms with Gasteiger partial charge in [0.25, 0.3) is 11.8 Å². The van der Waals surface area contributed by atoms with Crippen molar-refractivity contribution in [2.75, 3.05) is 19.7 Å². The van der Waals surface area contributed by atoms with Crippen molar-refractivity contribution in [3.8, 4) is 5.75 Å². The van der Waals surface area contributed by atoms with Crippen LogP contribution in [-0.2, 0) is 4.79 Å². The lowest BCUT2D eigenvalue weighted by Crippen LogP contribution is -2.43. The summed E-state index contributed by atoms with van der Waals surface area (Å²) in [6, 6.07) is 7.12. The van der Waals surface area contributed by atoms with Gasteiger partial charge in [0.1, 0.15) is 5.75 Å². The highest BCUT2D eigenvalue weighted by Crippen LogP contribution is 2.22. The Balaban J connectivity index is 2.02. The maximum Gasteiger partial charge on any atom is 0.258 e. The molecule has 0 unspecified atom stereocenters. The minimum atomic E-state index is -0.302. The molecule has 1 heterocycles. The van der Waals surface area contributed by atoms with Crippen LogP contribution in [0, 0.1) is 0 Å². The fourth-order valence-electron chi connectivity index (χ4n) is 2.63. The largest absolute Gasteiger partial charge is 0.483 e. The average Bonchev–Trinajstić information content (AvgIpc) is 2.52. The molecule has 2 amide bonds. The normalized spacial score (nSPS) is 15.2. The number of benzene rings is 1. The second-order valence-corrected chi connectivity index (χ2v) is 6.94. The highest BCUT2D eigenvalue weighted by atomic mass is 16.5. The van der Waals surface area contributed by atoms with E-state index in [4.69, 9.17) is 4.74 Å². The molecule has 5 heteroatoms. The van der Waals surface area contributed by atoms with Crippen LogP contribution in [0.15, 0.2) is 24.3 Å². The Hall–Kier alpha value is -2.04. The molecular weight excluding hydrogens is 292 g/mol. The van der Waals surface area contributed by atoms with Crippen LogP contribution in [0.3, 0.4) is 0 Å². The van der Waals surface area contributed by atoms with Crippen molar-refractivity contribution in [3.63, 3.8) is 0 Å². The third kappa shape index (κ3) is 5.27. The number of ether oxygens (including phenoxy) is 1. The summed E-state index contributed by atoms with van der Waals surface area (Å²) < 4.78 is 5.60. The van der Waals surface area contributed by atoms with Gasteiger partial charge in [-0.05, 0) is 52.2 Å². The topological polar surface area (TPSA) is 58.6 Å². The molecule has 1 aliphatic rings. The predicted octanol–water partition coefficient (Wildman–Crippen LogP) is 2.61. The van der Waals surface area contributed by atoms with Crippen LogP contribution in [0.2, 0.25) is 0 Å². The van der Waals surface area contributed by atoms with E-state index in [0.29, 0.717) is 11.3 Å². The number of para-hydroxylation sites is 1. The van der Waals surface area contributed by atoms with E-state index < -0.39 is 0 Å². The molecule has 23 heavy (non-hydrogen) atoms. The smallest absolute Gasteiger partial charge is 0.258 e. The Morgan fingerprint density at radius 3 is 2.43 bits per heavy atom. The number of carbonyl (C=O) groups excluding carboxylic acids is 2. The molecule has 5 nitrogen and oxygen atoms in total. The van der Waals surface area contributed by atoms with Gasteiger partial charge in [-0.1, -0.05) is 12.1 Å². The molecule has 1 aromatic rings. The molecule has 0 bridgehead atoms. The van der Waals surface area contributed by atoms with Gasteiger partial charge in [-0.15, -0.1) is 0 Å². The molecule has 1 saturated heterocycles. The maximum atomic E-state index is 12.6. The zero-order valence-corrected chi connectivity index (χ0v) is 14.2. The number of likely N-dealkylation sites (tertiary alicyclic amines) is 1. The van der Waals surface area contributed by atoms with Crippen molar-refractivity contribution in [2.24, 2.45) is 0 Å². The van der Waals surface area contributed by atoms with Gasteiger partial charge < -0.3 is 15.0 Å². The first kappa shape index (κ1) is 17.3. The first-order valence-corrected chi connectivity index (χ1v) is 8.19. The Kier molecular flexibility index (Phi) is 5.64. The van der Waals surface area contributed by atoms with Gasteiger partial charge in [-0.25, -0.2) is 0 Å². The van der Waals surface area contributed by atoms with Crippen LogP contribution in [-0.4, -0.2) is 41.9 Å². The van der Waals surface area contributed by atoms with Crippen LogP contribution < -0.4 is 10.1 Å². The minimum Gasteiger partial charge on any atom is -0.483 e. The summed E-state index contributed by atoms with van der Waals surface area (Å²) in [6.07, 6.45) is 3.26. The number of hydrogen-bond acceptors (Lipinski definition) is 3. The number of piperidine rings is 1. The predicted molar refractivity (Wildman–Crippen MR) is 89.6 cm³/mol. The summed E-state index contributed by atoms with van der Waals surface area (Å²) >= 11 is 0. The highest BCUT2D eigenvalue weighted by molar-refractivity contribution is 5.97. The minimum absolute atomic E-state index is 0.0171. The van der Waals surface area contributed by atoms with E-state index in [1.165, 1.54) is 6.42 Å².